The van der Waals surface area contributed by atoms with Crippen molar-refractivity contribution < 1.29 is 0 Å². The number of rotatable bonds is 5. The molecule has 1 aliphatic rings. The van der Waals surface area contributed by atoms with Gasteiger partial charge in [0.2, 0.25) is 0 Å². The Labute approximate surface area is 150 Å². The fourth-order valence-corrected chi connectivity index (χ4v) is 3.50. The Morgan fingerprint density at radius 3 is 2.80 bits per heavy atom. The van der Waals surface area contributed by atoms with Gasteiger partial charge >= 0.3 is 0 Å². The molecule has 0 aliphatic carbocycles. The van der Waals surface area contributed by atoms with Crippen molar-refractivity contribution in [3.63, 3.8) is 0 Å². The van der Waals surface area contributed by atoms with Crippen LogP contribution in [0.2, 0.25) is 0 Å². The van der Waals surface area contributed by atoms with Crippen LogP contribution in [0.5, 0.6) is 0 Å². The van der Waals surface area contributed by atoms with E-state index in [9.17, 15) is 0 Å². The van der Waals surface area contributed by atoms with Gasteiger partial charge in [0.1, 0.15) is 11.6 Å². The van der Waals surface area contributed by atoms with Crippen molar-refractivity contribution >= 4 is 29.3 Å². The molecule has 8 heteroatoms. The molecular weight excluding hydrogens is 334 g/mol. The smallest absolute Gasteiger partial charge is 0.153 e. The number of hydrogen-bond donors (Lipinski definition) is 3. The van der Waals surface area contributed by atoms with Crippen molar-refractivity contribution in [3.05, 3.63) is 60.4 Å². The summed E-state index contributed by atoms with van der Waals surface area (Å²) < 4.78 is 4.21. The van der Waals surface area contributed by atoms with Crippen molar-refractivity contribution in [1.29, 1.82) is 0 Å². The molecule has 1 aromatic carbocycles. The number of imidazole rings is 1. The summed E-state index contributed by atoms with van der Waals surface area (Å²) in [6, 6.07) is 10.3. The number of anilines is 2. The highest BCUT2D eigenvalue weighted by molar-refractivity contribution is 7.97. The summed E-state index contributed by atoms with van der Waals surface area (Å²) in [6.07, 6.45) is 5.85. The van der Waals surface area contributed by atoms with Gasteiger partial charge in [0, 0.05) is 41.8 Å². The Bertz CT molecular complexity index is 894. The van der Waals surface area contributed by atoms with E-state index in [4.69, 9.17) is 0 Å². The molecule has 0 amide bonds. The lowest BCUT2D eigenvalue weighted by Crippen LogP contribution is -2.23. The van der Waals surface area contributed by atoms with Crippen LogP contribution in [0.3, 0.4) is 0 Å². The van der Waals surface area contributed by atoms with Gasteiger partial charge in [0.25, 0.3) is 0 Å². The molecule has 0 bridgehead atoms. The fourth-order valence-electron chi connectivity index (χ4n) is 2.64. The lowest BCUT2D eigenvalue weighted by atomic mass is 10.3. The first kappa shape index (κ1) is 15.6. The van der Waals surface area contributed by atoms with Gasteiger partial charge in [0.05, 0.1) is 12.7 Å². The SMILES string of the molecule is CNc1ccc(SN2C=C(Nc3cc(C)[nH]n3)n3ccnc3C2)cc1. The lowest BCUT2D eigenvalue weighted by molar-refractivity contribution is 0.562. The van der Waals surface area contributed by atoms with Gasteiger partial charge in [-0.25, -0.2) is 4.98 Å². The normalized spacial score (nSPS) is 13.4. The molecule has 0 saturated carbocycles. The van der Waals surface area contributed by atoms with E-state index < -0.39 is 0 Å². The van der Waals surface area contributed by atoms with Crippen LogP contribution in [-0.2, 0) is 6.54 Å². The molecule has 0 radical (unpaired) electrons. The molecule has 4 rings (SSSR count). The van der Waals surface area contributed by atoms with Crippen LogP contribution in [-0.4, -0.2) is 31.1 Å². The van der Waals surface area contributed by atoms with Gasteiger partial charge in [-0.15, -0.1) is 0 Å². The number of aryl methyl sites for hydroxylation is 1. The van der Waals surface area contributed by atoms with Crippen LogP contribution in [0, 0.1) is 6.92 Å². The molecule has 1 aliphatic heterocycles. The van der Waals surface area contributed by atoms with Crippen LogP contribution in [0.4, 0.5) is 11.5 Å². The lowest BCUT2D eigenvalue weighted by Gasteiger charge is -2.26. The van der Waals surface area contributed by atoms with E-state index >= 15 is 0 Å². The Morgan fingerprint density at radius 1 is 1.24 bits per heavy atom. The third-order valence-corrected chi connectivity index (χ3v) is 4.82. The minimum Gasteiger partial charge on any atom is -0.388 e. The zero-order chi connectivity index (χ0) is 17.2. The molecule has 128 valence electrons. The third kappa shape index (κ3) is 3.34. The van der Waals surface area contributed by atoms with Gasteiger partial charge in [-0.2, -0.15) is 5.10 Å². The van der Waals surface area contributed by atoms with Crippen molar-refractivity contribution in [1.82, 2.24) is 24.1 Å². The van der Waals surface area contributed by atoms with E-state index in [1.165, 1.54) is 4.90 Å². The van der Waals surface area contributed by atoms with E-state index in [1.807, 2.05) is 37.0 Å². The van der Waals surface area contributed by atoms with E-state index in [0.29, 0.717) is 0 Å². The van der Waals surface area contributed by atoms with Gasteiger partial charge in [-0.1, -0.05) is 0 Å². The topological polar surface area (TPSA) is 73.8 Å². The van der Waals surface area contributed by atoms with Crippen molar-refractivity contribution in [3.8, 4) is 0 Å². The number of aromatic amines is 1. The second-order valence-electron chi connectivity index (χ2n) is 5.73. The molecule has 0 spiro atoms. The molecule has 0 atom stereocenters. The van der Waals surface area contributed by atoms with Gasteiger partial charge in [-0.3, -0.25) is 9.67 Å². The van der Waals surface area contributed by atoms with E-state index in [1.54, 1.807) is 11.9 Å². The number of H-pyrrole nitrogens is 1. The van der Waals surface area contributed by atoms with Gasteiger partial charge in [-0.05, 0) is 43.1 Å². The monoisotopic (exact) mass is 353 g/mol. The van der Waals surface area contributed by atoms with Crippen molar-refractivity contribution in [2.75, 3.05) is 17.7 Å². The summed E-state index contributed by atoms with van der Waals surface area (Å²) in [4.78, 5) is 5.63. The van der Waals surface area contributed by atoms with Crippen molar-refractivity contribution in [2.45, 2.75) is 18.4 Å². The zero-order valence-electron chi connectivity index (χ0n) is 14.0. The molecule has 0 unspecified atom stereocenters. The maximum atomic E-state index is 4.46. The van der Waals surface area contributed by atoms with Crippen LogP contribution in [0.1, 0.15) is 11.5 Å². The third-order valence-electron chi connectivity index (χ3n) is 3.87. The quantitative estimate of drug-likeness (QED) is 0.611. The summed E-state index contributed by atoms with van der Waals surface area (Å²) in [5, 5.41) is 13.7. The van der Waals surface area contributed by atoms with Crippen LogP contribution >= 0.6 is 11.9 Å². The second kappa shape index (κ2) is 6.56. The number of fused-ring (bicyclic) bond motifs is 1. The summed E-state index contributed by atoms with van der Waals surface area (Å²) in [5.74, 6) is 2.69. The molecular formula is C17H19N7S. The fraction of sp³-hybridized carbons (Fsp3) is 0.176. The highest BCUT2D eigenvalue weighted by Gasteiger charge is 2.19. The maximum absolute atomic E-state index is 4.46. The first-order valence-electron chi connectivity index (χ1n) is 7.97. The number of nitrogens with one attached hydrogen (secondary N) is 3. The van der Waals surface area contributed by atoms with E-state index in [2.05, 4.69) is 60.6 Å². The van der Waals surface area contributed by atoms with Crippen LogP contribution in [0.25, 0.3) is 5.82 Å². The Kier molecular flexibility index (Phi) is 4.10. The molecule has 3 heterocycles. The number of aromatic nitrogens is 4. The predicted molar refractivity (Wildman–Crippen MR) is 101 cm³/mol. The van der Waals surface area contributed by atoms with E-state index in [-0.39, 0.29) is 0 Å². The maximum Gasteiger partial charge on any atom is 0.153 e. The molecule has 0 saturated heterocycles. The number of nitrogens with zero attached hydrogens (tertiary/aromatic N) is 4. The molecule has 3 N–H and O–H groups in total. The first-order chi connectivity index (χ1) is 12.2. The van der Waals surface area contributed by atoms with Crippen LogP contribution < -0.4 is 10.6 Å². The Hall–Kier alpha value is -2.87. The van der Waals surface area contributed by atoms with Gasteiger partial charge in [0.15, 0.2) is 5.82 Å². The summed E-state index contributed by atoms with van der Waals surface area (Å²) in [7, 11) is 1.92. The van der Waals surface area contributed by atoms with E-state index in [0.717, 1.165) is 35.4 Å². The van der Waals surface area contributed by atoms with Gasteiger partial charge < -0.3 is 14.9 Å². The summed E-state index contributed by atoms with van der Waals surface area (Å²) >= 11 is 1.68. The highest BCUT2D eigenvalue weighted by atomic mass is 32.2. The minimum atomic E-state index is 0.732. The summed E-state index contributed by atoms with van der Waals surface area (Å²) in [6.45, 7) is 2.71. The second-order valence-corrected chi connectivity index (χ2v) is 6.85. The number of benzene rings is 1. The standard InChI is InChI=1S/C17H19N7S/c1-12-9-15(22-21-12)20-17-11-23(10-16-19-7-8-24(16)17)25-14-5-3-13(18-2)4-6-14/h3-9,11,18H,10H2,1-2H3,(H2,20,21,22). The summed E-state index contributed by atoms with van der Waals surface area (Å²) in [5.41, 5.74) is 2.12. The molecule has 7 nitrogen and oxygen atoms in total. The van der Waals surface area contributed by atoms with Crippen molar-refractivity contribution in [2.24, 2.45) is 0 Å². The molecule has 25 heavy (non-hydrogen) atoms. The molecule has 2 aromatic heterocycles. The number of hydrogen-bond acceptors (Lipinski definition) is 6. The Balaban J connectivity index is 1.57. The average Bonchev–Trinajstić information content (AvgIpc) is 3.24. The minimum absolute atomic E-state index is 0.732. The van der Waals surface area contributed by atoms with Crippen LogP contribution in [0.15, 0.2) is 53.8 Å². The average molecular weight is 353 g/mol. The highest BCUT2D eigenvalue weighted by Crippen LogP contribution is 2.30. The Morgan fingerprint density at radius 2 is 2.08 bits per heavy atom. The zero-order valence-corrected chi connectivity index (χ0v) is 14.8. The molecule has 3 aromatic rings. The largest absolute Gasteiger partial charge is 0.388 e. The predicted octanol–water partition coefficient (Wildman–Crippen LogP) is 3.35. The first-order valence-corrected chi connectivity index (χ1v) is 8.74. The molecule has 0 fully saturated rings.